The van der Waals surface area contributed by atoms with Crippen molar-refractivity contribution in [3.8, 4) is 0 Å². The fourth-order valence-corrected chi connectivity index (χ4v) is 5.12. The van der Waals surface area contributed by atoms with Crippen molar-refractivity contribution < 1.29 is 23.7 Å². The summed E-state index contributed by atoms with van der Waals surface area (Å²) in [5.74, 6) is 0.00614. The van der Waals surface area contributed by atoms with E-state index >= 15 is 0 Å². The molecule has 0 bridgehead atoms. The Morgan fingerprint density at radius 3 is 1.28 bits per heavy atom. The first-order valence-corrected chi connectivity index (χ1v) is 17.1. The van der Waals surface area contributed by atoms with Gasteiger partial charge >= 0.3 is 5.97 Å². The van der Waals surface area contributed by atoms with Gasteiger partial charge in [0.25, 0.3) is 0 Å². The second-order valence-corrected chi connectivity index (χ2v) is 11.4. The van der Waals surface area contributed by atoms with E-state index in [9.17, 15) is 4.79 Å². The van der Waals surface area contributed by atoms with Crippen LogP contribution in [0.25, 0.3) is 0 Å². The van der Waals surface area contributed by atoms with Gasteiger partial charge in [-0.25, -0.2) is 0 Å². The van der Waals surface area contributed by atoms with Crippen LogP contribution >= 0.6 is 0 Å². The Labute approximate surface area is 243 Å². The van der Waals surface area contributed by atoms with Crippen LogP contribution in [-0.4, -0.2) is 52.2 Å². The molecule has 0 aromatic carbocycles. The third-order valence-corrected chi connectivity index (χ3v) is 7.89. The highest BCUT2D eigenvalue weighted by atomic mass is 16.6. The van der Waals surface area contributed by atoms with Crippen LogP contribution in [0.1, 0.15) is 163 Å². The molecule has 0 saturated heterocycles. The minimum Gasteiger partial charge on any atom is -0.463 e. The van der Waals surface area contributed by atoms with Crippen molar-refractivity contribution in [2.75, 3.05) is 46.2 Å². The van der Waals surface area contributed by atoms with Crippen LogP contribution in [0, 0.1) is 5.41 Å². The van der Waals surface area contributed by atoms with Crippen LogP contribution in [0.5, 0.6) is 0 Å². The molecule has 0 aliphatic rings. The lowest BCUT2D eigenvalue weighted by atomic mass is 9.75. The van der Waals surface area contributed by atoms with Gasteiger partial charge in [0.1, 0.15) is 6.61 Å². The Morgan fingerprint density at radius 2 is 0.821 bits per heavy atom. The van der Waals surface area contributed by atoms with Gasteiger partial charge in [-0.2, -0.15) is 0 Å². The molecule has 0 amide bonds. The Morgan fingerprint density at radius 1 is 0.436 bits per heavy atom. The summed E-state index contributed by atoms with van der Waals surface area (Å²) in [4.78, 5) is 13.3. The van der Waals surface area contributed by atoms with E-state index in [0.29, 0.717) is 26.4 Å². The SMILES string of the molecule is CCCCCCCCC(CC)(CCCCCCCC)C(=O)OCCOCCCOCCCOCCCCCC. The monoisotopic (exact) mass is 557 g/mol. The molecule has 0 spiro atoms. The molecule has 5 heteroatoms. The third-order valence-electron chi connectivity index (χ3n) is 7.89. The molecule has 0 unspecified atom stereocenters. The van der Waals surface area contributed by atoms with Crippen LogP contribution in [0.4, 0.5) is 0 Å². The summed E-state index contributed by atoms with van der Waals surface area (Å²) in [5.41, 5.74) is -0.317. The summed E-state index contributed by atoms with van der Waals surface area (Å²) < 4.78 is 22.8. The number of carbonyl (C=O) groups is 1. The van der Waals surface area contributed by atoms with Crippen molar-refractivity contribution in [2.24, 2.45) is 5.41 Å². The average Bonchev–Trinajstić information content (AvgIpc) is 2.95. The molecular weight excluding hydrogens is 488 g/mol. The van der Waals surface area contributed by atoms with Crippen molar-refractivity contribution in [1.29, 1.82) is 0 Å². The van der Waals surface area contributed by atoms with Gasteiger partial charge in [-0.15, -0.1) is 0 Å². The third kappa shape index (κ3) is 23.7. The Hall–Kier alpha value is -0.650. The van der Waals surface area contributed by atoms with Crippen LogP contribution < -0.4 is 0 Å². The second kappa shape index (κ2) is 30.3. The smallest absolute Gasteiger partial charge is 0.312 e. The molecule has 39 heavy (non-hydrogen) atoms. The average molecular weight is 557 g/mol. The normalized spacial score (nSPS) is 11.8. The summed E-state index contributed by atoms with van der Waals surface area (Å²) in [6.45, 7) is 13.5. The zero-order valence-corrected chi connectivity index (χ0v) is 26.8. The highest BCUT2D eigenvalue weighted by molar-refractivity contribution is 5.76. The molecule has 234 valence electrons. The van der Waals surface area contributed by atoms with E-state index in [4.69, 9.17) is 18.9 Å². The Bertz CT molecular complexity index is 480. The maximum absolute atomic E-state index is 13.3. The summed E-state index contributed by atoms with van der Waals surface area (Å²) in [7, 11) is 0. The van der Waals surface area contributed by atoms with Gasteiger partial charge in [-0.1, -0.05) is 124 Å². The van der Waals surface area contributed by atoms with E-state index in [1.807, 2.05) is 0 Å². The van der Waals surface area contributed by atoms with Crippen LogP contribution in [0.2, 0.25) is 0 Å². The zero-order chi connectivity index (χ0) is 28.7. The van der Waals surface area contributed by atoms with Gasteiger partial charge in [0.2, 0.25) is 0 Å². The number of hydrogen-bond acceptors (Lipinski definition) is 5. The van der Waals surface area contributed by atoms with Gasteiger partial charge in [0.05, 0.1) is 12.0 Å². The van der Waals surface area contributed by atoms with Crippen molar-refractivity contribution in [3.05, 3.63) is 0 Å². The fourth-order valence-electron chi connectivity index (χ4n) is 5.12. The van der Waals surface area contributed by atoms with Gasteiger partial charge in [0.15, 0.2) is 0 Å². The van der Waals surface area contributed by atoms with E-state index in [2.05, 4.69) is 27.7 Å². The Balaban J connectivity index is 4.08. The van der Waals surface area contributed by atoms with E-state index in [-0.39, 0.29) is 11.4 Å². The number of esters is 1. The molecule has 0 fully saturated rings. The minimum atomic E-state index is -0.317. The molecule has 0 aromatic heterocycles. The standard InChI is InChI=1S/C34H68O5/c1-5-9-12-15-17-19-24-34(8-4,25-20-18-16-13-10-6-2)33(35)39-32-31-38-30-23-29-37-28-22-27-36-26-21-14-11-7-3/h5-32H2,1-4H3. The predicted octanol–water partition coefficient (Wildman–Crippen LogP) is 9.84. The summed E-state index contributed by atoms with van der Waals surface area (Å²) in [6, 6.07) is 0. The molecule has 0 rings (SSSR count). The van der Waals surface area contributed by atoms with Crippen molar-refractivity contribution >= 4 is 5.97 Å². The van der Waals surface area contributed by atoms with Crippen molar-refractivity contribution in [1.82, 2.24) is 0 Å². The lowest BCUT2D eigenvalue weighted by Crippen LogP contribution is -2.33. The number of unbranched alkanes of at least 4 members (excludes halogenated alkanes) is 13. The first-order valence-electron chi connectivity index (χ1n) is 17.1. The predicted molar refractivity (Wildman–Crippen MR) is 166 cm³/mol. The molecule has 0 aliphatic heterocycles. The summed E-state index contributed by atoms with van der Waals surface area (Å²) in [6.07, 6.45) is 24.7. The number of ether oxygens (including phenoxy) is 4. The molecule has 0 aliphatic carbocycles. The first kappa shape index (κ1) is 38.4. The van der Waals surface area contributed by atoms with Gasteiger partial charge in [-0.3, -0.25) is 4.79 Å². The lowest BCUT2D eigenvalue weighted by Gasteiger charge is -2.31. The summed E-state index contributed by atoms with van der Waals surface area (Å²) in [5, 5.41) is 0. The highest BCUT2D eigenvalue weighted by Crippen LogP contribution is 2.37. The largest absolute Gasteiger partial charge is 0.463 e. The number of carbonyl (C=O) groups excluding carboxylic acids is 1. The molecule has 0 aromatic rings. The molecular formula is C34H68O5. The van der Waals surface area contributed by atoms with E-state index < -0.39 is 0 Å². The number of hydrogen-bond donors (Lipinski definition) is 0. The molecule has 0 heterocycles. The molecule has 0 atom stereocenters. The topological polar surface area (TPSA) is 54.0 Å². The van der Waals surface area contributed by atoms with Gasteiger partial charge in [0, 0.05) is 33.0 Å². The maximum atomic E-state index is 13.3. The second-order valence-electron chi connectivity index (χ2n) is 11.4. The molecule has 5 nitrogen and oxygen atoms in total. The number of rotatable bonds is 32. The molecule has 0 radical (unpaired) electrons. The van der Waals surface area contributed by atoms with Gasteiger partial charge in [-0.05, 0) is 38.5 Å². The quantitative estimate of drug-likeness (QED) is 0.0609. The molecule has 0 N–H and O–H groups in total. The van der Waals surface area contributed by atoms with Crippen LogP contribution in [0.3, 0.4) is 0 Å². The first-order chi connectivity index (χ1) is 19.2. The van der Waals surface area contributed by atoms with Crippen LogP contribution in [0.15, 0.2) is 0 Å². The zero-order valence-electron chi connectivity index (χ0n) is 26.8. The van der Waals surface area contributed by atoms with E-state index in [1.165, 1.54) is 89.9 Å². The summed E-state index contributed by atoms with van der Waals surface area (Å²) >= 11 is 0. The van der Waals surface area contributed by atoms with Crippen LogP contribution in [-0.2, 0) is 23.7 Å². The fraction of sp³-hybridized carbons (Fsp3) is 0.971. The van der Waals surface area contributed by atoms with Gasteiger partial charge < -0.3 is 18.9 Å². The van der Waals surface area contributed by atoms with Crippen molar-refractivity contribution in [2.45, 2.75) is 163 Å². The molecule has 0 saturated carbocycles. The van der Waals surface area contributed by atoms with E-state index in [0.717, 1.165) is 64.8 Å². The van der Waals surface area contributed by atoms with E-state index in [1.54, 1.807) is 0 Å². The Kier molecular flexibility index (Phi) is 29.8. The lowest BCUT2D eigenvalue weighted by molar-refractivity contribution is -0.159. The minimum absolute atomic E-state index is 0.00614. The maximum Gasteiger partial charge on any atom is 0.312 e. The van der Waals surface area contributed by atoms with Crippen molar-refractivity contribution in [3.63, 3.8) is 0 Å². The highest BCUT2D eigenvalue weighted by Gasteiger charge is 2.37.